The van der Waals surface area contributed by atoms with Gasteiger partial charge in [0, 0.05) is 11.7 Å². The largest absolute Gasteiger partial charge is 0.352 e. The van der Waals surface area contributed by atoms with Crippen LogP contribution in [0.3, 0.4) is 0 Å². The number of rotatable bonds is 5. The quantitative estimate of drug-likeness (QED) is 0.479. The average molecular weight is 259 g/mol. The van der Waals surface area contributed by atoms with Crippen molar-refractivity contribution in [2.75, 3.05) is 16.1 Å². The number of hydrogen-bond acceptors (Lipinski definition) is 7. The molecule has 0 aliphatic rings. The highest BCUT2D eigenvalue weighted by Gasteiger charge is 2.06. The van der Waals surface area contributed by atoms with Gasteiger partial charge in [-0.1, -0.05) is 18.2 Å². The van der Waals surface area contributed by atoms with E-state index in [9.17, 15) is 0 Å². The molecule has 0 aliphatic heterocycles. The second kappa shape index (κ2) is 5.96. The minimum Gasteiger partial charge on any atom is -0.352 e. The topological polar surface area (TPSA) is 101 Å². The van der Waals surface area contributed by atoms with Crippen molar-refractivity contribution in [3.63, 3.8) is 0 Å². The van der Waals surface area contributed by atoms with Crippen LogP contribution < -0.4 is 21.9 Å². The van der Waals surface area contributed by atoms with E-state index in [0.717, 1.165) is 5.69 Å². The highest BCUT2D eigenvalue weighted by molar-refractivity contribution is 5.55. The molecule has 0 spiro atoms. The van der Waals surface area contributed by atoms with Crippen molar-refractivity contribution in [1.29, 1.82) is 0 Å². The van der Waals surface area contributed by atoms with Gasteiger partial charge in [-0.25, -0.2) is 5.84 Å². The zero-order chi connectivity index (χ0) is 13.7. The molecule has 0 saturated carbocycles. The van der Waals surface area contributed by atoms with Crippen LogP contribution in [-0.4, -0.2) is 21.0 Å². The first-order chi connectivity index (χ1) is 9.17. The van der Waals surface area contributed by atoms with Crippen LogP contribution in [0.2, 0.25) is 0 Å². The summed E-state index contributed by atoms with van der Waals surface area (Å²) >= 11 is 0. The number of aromatic nitrogens is 3. The van der Waals surface area contributed by atoms with E-state index in [1.54, 1.807) is 0 Å². The lowest BCUT2D eigenvalue weighted by molar-refractivity contribution is 0.868. The van der Waals surface area contributed by atoms with E-state index in [-0.39, 0.29) is 6.04 Å². The number of hydrazine groups is 1. The first-order valence-electron chi connectivity index (χ1n) is 5.98. The fourth-order valence-corrected chi connectivity index (χ4v) is 1.47. The van der Waals surface area contributed by atoms with Gasteiger partial charge in [0.1, 0.15) is 0 Å². The third kappa shape index (κ3) is 3.78. The van der Waals surface area contributed by atoms with Crippen LogP contribution in [-0.2, 0) is 0 Å². The molecular weight excluding hydrogens is 242 g/mol. The highest BCUT2D eigenvalue weighted by atomic mass is 15.3. The number of benzene rings is 1. The van der Waals surface area contributed by atoms with E-state index < -0.39 is 0 Å². The summed E-state index contributed by atoms with van der Waals surface area (Å²) in [6, 6.07) is 9.87. The van der Waals surface area contributed by atoms with Crippen molar-refractivity contribution >= 4 is 23.5 Å². The standard InChI is InChI=1S/C12H17N7/c1-8(2)14-10-16-11(18-12(17-10)19-13)15-9-6-4-3-5-7-9/h3-8H,13H2,1-2H3,(H3,14,15,16,17,18,19). The molecule has 0 aliphatic carbocycles. The van der Waals surface area contributed by atoms with E-state index >= 15 is 0 Å². The second-order valence-electron chi connectivity index (χ2n) is 4.24. The number of nitrogens with two attached hydrogens (primary N) is 1. The van der Waals surface area contributed by atoms with Crippen molar-refractivity contribution in [3.05, 3.63) is 30.3 Å². The Kier molecular flexibility index (Phi) is 4.09. The summed E-state index contributed by atoms with van der Waals surface area (Å²) in [5.74, 6) is 6.55. The van der Waals surface area contributed by atoms with Crippen LogP contribution in [0.25, 0.3) is 0 Å². The van der Waals surface area contributed by atoms with Gasteiger partial charge in [0.05, 0.1) is 0 Å². The van der Waals surface area contributed by atoms with Gasteiger partial charge in [-0.05, 0) is 26.0 Å². The maximum Gasteiger partial charge on any atom is 0.243 e. The molecule has 2 aromatic rings. The number of hydrogen-bond donors (Lipinski definition) is 4. The third-order valence-corrected chi connectivity index (χ3v) is 2.21. The lowest BCUT2D eigenvalue weighted by Crippen LogP contribution is -2.17. The maximum atomic E-state index is 5.35. The fraction of sp³-hybridized carbons (Fsp3) is 0.250. The van der Waals surface area contributed by atoms with Crippen molar-refractivity contribution in [1.82, 2.24) is 15.0 Å². The van der Waals surface area contributed by atoms with E-state index in [1.165, 1.54) is 0 Å². The Morgan fingerprint density at radius 3 is 2.21 bits per heavy atom. The van der Waals surface area contributed by atoms with Crippen molar-refractivity contribution in [2.24, 2.45) is 5.84 Å². The molecule has 2 rings (SSSR count). The minimum atomic E-state index is 0.220. The van der Waals surface area contributed by atoms with Crippen LogP contribution in [0.1, 0.15) is 13.8 Å². The molecule has 0 fully saturated rings. The molecule has 1 aromatic carbocycles. The third-order valence-electron chi connectivity index (χ3n) is 2.21. The number of nitrogens with one attached hydrogen (secondary N) is 3. The fourth-order valence-electron chi connectivity index (χ4n) is 1.47. The lowest BCUT2D eigenvalue weighted by atomic mass is 10.3. The van der Waals surface area contributed by atoms with E-state index in [4.69, 9.17) is 5.84 Å². The maximum absolute atomic E-state index is 5.35. The molecule has 5 N–H and O–H groups in total. The van der Waals surface area contributed by atoms with Gasteiger partial charge in [-0.3, -0.25) is 5.43 Å². The van der Waals surface area contributed by atoms with Gasteiger partial charge in [0.2, 0.25) is 17.8 Å². The van der Waals surface area contributed by atoms with Gasteiger partial charge in [-0.2, -0.15) is 15.0 Å². The van der Waals surface area contributed by atoms with Crippen molar-refractivity contribution in [3.8, 4) is 0 Å². The van der Waals surface area contributed by atoms with E-state index in [1.807, 2.05) is 44.2 Å². The predicted octanol–water partition coefficient (Wildman–Crippen LogP) is 1.72. The number of nitrogens with zero attached hydrogens (tertiary/aromatic N) is 3. The van der Waals surface area contributed by atoms with Gasteiger partial charge >= 0.3 is 0 Å². The number of nitrogen functional groups attached to an aromatic ring is 1. The first kappa shape index (κ1) is 13.0. The smallest absolute Gasteiger partial charge is 0.243 e. The summed E-state index contributed by atoms with van der Waals surface area (Å²) < 4.78 is 0. The Bertz CT molecular complexity index is 527. The molecular formula is C12H17N7. The van der Waals surface area contributed by atoms with Crippen molar-refractivity contribution < 1.29 is 0 Å². The average Bonchev–Trinajstić information content (AvgIpc) is 2.38. The van der Waals surface area contributed by atoms with Crippen LogP contribution in [0.5, 0.6) is 0 Å². The molecule has 7 nitrogen and oxygen atoms in total. The molecule has 7 heteroatoms. The van der Waals surface area contributed by atoms with E-state index in [0.29, 0.717) is 17.8 Å². The normalized spacial score (nSPS) is 10.3. The zero-order valence-corrected chi connectivity index (χ0v) is 10.9. The Morgan fingerprint density at radius 2 is 1.58 bits per heavy atom. The second-order valence-corrected chi connectivity index (χ2v) is 4.24. The molecule has 0 radical (unpaired) electrons. The molecule has 0 atom stereocenters. The highest BCUT2D eigenvalue weighted by Crippen LogP contribution is 2.15. The summed E-state index contributed by atoms with van der Waals surface area (Å²) in [7, 11) is 0. The zero-order valence-electron chi connectivity index (χ0n) is 10.9. The molecule has 0 saturated heterocycles. The molecule has 1 aromatic heterocycles. The Morgan fingerprint density at radius 1 is 0.947 bits per heavy atom. The Labute approximate surface area is 111 Å². The molecule has 100 valence electrons. The van der Waals surface area contributed by atoms with Gasteiger partial charge in [0.25, 0.3) is 0 Å². The van der Waals surface area contributed by atoms with Crippen LogP contribution in [0.15, 0.2) is 30.3 Å². The molecule has 19 heavy (non-hydrogen) atoms. The minimum absolute atomic E-state index is 0.220. The lowest BCUT2D eigenvalue weighted by Gasteiger charge is -2.11. The predicted molar refractivity (Wildman–Crippen MR) is 76.1 cm³/mol. The first-order valence-corrected chi connectivity index (χ1v) is 5.98. The number of para-hydroxylation sites is 1. The summed E-state index contributed by atoms with van der Waals surface area (Å²) in [5.41, 5.74) is 3.32. The van der Waals surface area contributed by atoms with Gasteiger partial charge < -0.3 is 10.6 Å². The SMILES string of the molecule is CC(C)Nc1nc(NN)nc(Nc2ccccc2)n1. The monoisotopic (exact) mass is 259 g/mol. The summed E-state index contributed by atoms with van der Waals surface area (Å²) in [6.07, 6.45) is 0. The number of anilines is 4. The van der Waals surface area contributed by atoms with Crippen molar-refractivity contribution in [2.45, 2.75) is 19.9 Å². The van der Waals surface area contributed by atoms with Crippen LogP contribution >= 0.6 is 0 Å². The molecule has 0 amide bonds. The molecule has 1 heterocycles. The summed E-state index contributed by atoms with van der Waals surface area (Å²) in [5, 5.41) is 6.20. The van der Waals surface area contributed by atoms with Crippen LogP contribution in [0, 0.1) is 0 Å². The van der Waals surface area contributed by atoms with Gasteiger partial charge in [-0.15, -0.1) is 0 Å². The Balaban J connectivity index is 2.24. The summed E-state index contributed by atoms with van der Waals surface area (Å²) in [6.45, 7) is 4.01. The van der Waals surface area contributed by atoms with Gasteiger partial charge in [0.15, 0.2) is 0 Å². The van der Waals surface area contributed by atoms with E-state index in [2.05, 4.69) is 31.0 Å². The molecule has 0 unspecified atom stereocenters. The summed E-state index contributed by atoms with van der Waals surface area (Å²) in [4.78, 5) is 12.5. The Hall–Kier alpha value is -2.41. The molecule has 0 bridgehead atoms. The van der Waals surface area contributed by atoms with Crippen LogP contribution in [0.4, 0.5) is 23.5 Å².